The molecule has 0 saturated heterocycles. The second-order valence-electron chi connectivity index (χ2n) is 4.77. The van der Waals surface area contributed by atoms with Crippen molar-refractivity contribution < 1.29 is 14.6 Å². The third kappa shape index (κ3) is 4.24. The van der Waals surface area contributed by atoms with Crippen molar-refractivity contribution in [2.45, 2.75) is 45.8 Å². The number of carboxylic acid groups (broad SMARTS) is 1. The Kier molecular flexibility index (Phi) is 5.83. The maximum absolute atomic E-state index is 11.1. The lowest BCUT2D eigenvalue weighted by molar-refractivity contribution is -0.145. The third-order valence-electron chi connectivity index (χ3n) is 3.23. The lowest BCUT2D eigenvalue weighted by atomic mass is 10.1. The van der Waals surface area contributed by atoms with Crippen molar-refractivity contribution in [2.75, 3.05) is 7.05 Å². The maximum Gasteiger partial charge on any atom is 0.344 e. The molecule has 0 spiro atoms. The second-order valence-corrected chi connectivity index (χ2v) is 4.77. The number of hydrogen-bond acceptors (Lipinski definition) is 3. The topological polar surface area (TPSA) is 58.6 Å². The molecule has 2 N–H and O–H groups in total. The molecule has 4 nitrogen and oxygen atoms in total. The van der Waals surface area contributed by atoms with Crippen LogP contribution < -0.4 is 10.1 Å². The van der Waals surface area contributed by atoms with E-state index in [0.717, 1.165) is 17.5 Å². The van der Waals surface area contributed by atoms with E-state index in [1.54, 1.807) is 0 Å². The highest BCUT2D eigenvalue weighted by Crippen LogP contribution is 2.24. The number of aryl methyl sites for hydroxylation is 1. The van der Waals surface area contributed by atoms with Crippen LogP contribution in [0.2, 0.25) is 0 Å². The summed E-state index contributed by atoms with van der Waals surface area (Å²) in [6.45, 7) is 5.96. The minimum absolute atomic E-state index is 0.263. The molecular weight excluding hydrogens is 242 g/mol. The molecule has 0 aliphatic rings. The van der Waals surface area contributed by atoms with Crippen LogP contribution in [0.3, 0.4) is 0 Å². The number of carbonyl (C=O) groups is 1. The molecule has 19 heavy (non-hydrogen) atoms. The van der Waals surface area contributed by atoms with Crippen LogP contribution in [-0.2, 0) is 4.79 Å². The van der Waals surface area contributed by atoms with Crippen molar-refractivity contribution in [1.82, 2.24) is 5.32 Å². The fourth-order valence-electron chi connectivity index (χ4n) is 1.89. The zero-order valence-electron chi connectivity index (χ0n) is 12.1. The number of nitrogens with one attached hydrogen (secondary N) is 1. The summed E-state index contributed by atoms with van der Waals surface area (Å²) in [4.78, 5) is 11.1. The molecule has 1 aromatic carbocycles. The zero-order valence-corrected chi connectivity index (χ0v) is 12.1. The van der Waals surface area contributed by atoms with Crippen molar-refractivity contribution in [3.05, 3.63) is 29.3 Å². The van der Waals surface area contributed by atoms with Gasteiger partial charge in [0.15, 0.2) is 6.10 Å². The van der Waals surface area contributed by atoms with Crippen LogP contribution >= 0.6 is 0 Å². The number of ether oxygens (including phenoxy) is 1. The highest BCUT2D eigenvalue weighted by atomic mass is 16.5. The van der Waals surface area contributed by atoms with Gasteiger partial charge in [-0.1, -0.05) is 25.5 Å². The standard InChI is InChI=1S/C15H23NO3/c1-5-6-14(15(17)18)19-13-8-7-12(9-10(13)2)11(3)16-4/h7-9,11,14,16H,5-6H2,1-4H3,(H,17,18). The Hall–Kier alpha value is -1.55. The van der Waals surface area contributed by atoms with E-state index in [2.05, 4.69) is 12.2 Å². The fourth-order valence-corrected chi connectivity index (χ4v) is 1.89. The average Bonchev–Trinajstić information content (AvgIpc) is 2.39. The van der Waals surface area contributed by atoms with Crippen LogP contribution in [0, 0.1) is 6.92 Å². The minimum Gasteiger partial charge on any atom is -0.479 e. The zero-order chi connectivity index (χ0) is 14.4. The highest BCUT2D eigenvalue weighted by molar-refractivity contribution is 5.72. The highest BCUT2D eigenvalue weighted by Gasteiger charge is 2.19. The number of benzene rings is 1. The minimum atomic E-state index is -0.908. The maximum atomic E-state index is 11.1. The first-order valence-electron chi connectivity index (χ1n) is 6.66. The summed E-state index contributed by atoms with van der Waals surface area (Å²) < 4.78 is 5.60. The molecule has 0 heterocycles. The first-order valence-corrected chi connectivity index (χ1v) is 6.66. The summed E-state index contributed by atoms with van der Waals surface area (Å²) in [5, 5.41) is 12.3. The van der Waals surface area contributed by atoms with E-state index in [1.165, 1.54) is 0 Å². The first kappa shape index (κ1) is 15.5. The second kappa shape index (κ2) is 7.14. The summed E-state index contributed by atoms with van der Waals surface area (Å²) in [6, 6.07) is 6.11. The van der Waals surface area contributed by atoms with Crippen LogP contribution in [-0.4, -0.2) is 24.2 Å². The van der Waals surface area contributed by atoms with Gasteiger partial charge in [-0.3, -0.25) is 0 Å². The van der Waals surface area contributed by atoms with Crippen molar-refractivity contribution >= 4 is 5.97 Å². The number of rotatable bonds is 7. The van der Waals surface area contributed by atoms with E-state index in [4.69, 9.17) is 9.84 Å². The summed E-state index contributed by atoms with van der Waals surface area (Å²) in [6.07, 6.45) is 0.533. The number of aliphatic carboxylic acids is 1. The molecule has 106 valence electrons. The van der Waals surface area contributed by atoms with Gasteiger partial charge in [-0.15, -0.1) is 0 Å². The Morgan fingerprint density at radius 1 is 1.47 bits per heavy atom. The van der Waals surface area contributed by atoms with Gasteiger partial charge in [0, 0.05) is 6.04 Å². The van der Waals surface area contributed by atoms with Crippen LogP contribution in [0.4, 0.5) is 0 Å². The number of hydrogen-bond donors (Lipinski definition) is 2. The molecule has 1 rings (SSSR count). The molecule has 0 saturated carbocycles. The van der Waals surface area contributed by atoms with Crippen LogP contribution in [0.1, 0.15) is 43.9 Å². The molecule has 0 aliphatic heterocycles. The lowest BCUT2D eigenvalue weighted by Crippen LogP contribution is -2.27. The monoisotopic (exact) mass is 265 g/mol. The summed E-state index contributed by atoms with van der Waals surface area (Å²) in [5.41, 5.74) is 2.12. The average molecular weight is 265 g/mol. The third-order valence-corrected chi connectivity index (χ3v) is 3.23. The van der Waals surface area contributed by atoms with Gasteiger partial charge in [0.25, 0.3) is 0 Å². The van der Waals surface area contributed by atoms with Crippen molar-refractivity contribution in [1.29, 1.82) is 0 Å². The van der Waals surface area contributed by atoms with E-state index in [0.29, 0.717) is 12.2 Å². The summed E-state index contributed by atoms with van der Waals surface area (Å²) in [7, 11) is 1.91. The normalized spacial score (nSPS) is 13.9. The molecule has 1 aromatic rings. The Balaban J connectivity index is 2.87. The van der Waals surface area contributed by atoms with Crippen molar-refractivity contribution in [3.63, 3.8) is 0 Å². The quantitative estimate of drug-likeness (QED) is 0.796. The Bertz CT molecular complexity index is 431. The summed E-state index contributed by atoms with van der Waals surface area (Å²) >= 11 is 0. The van der Waals surface area contributed by atoms with E-state index in [9.17, 15) is 4.79 Å². The van der Waals surface area contributed by atoms with Gasteiger partial charge in [0.2, 0.25) is 0 Å². The molecule has 0 bridgehead atoms. The molecule has 4 heteroatoms. The Labute approximate surface area is 114 Å². The predicted molar refractivity (Wildman–Crippen MR) is 75.6 cm³/mol. The van der Waals surface area contributed by atoms with E-state index >= 15 is 0 Å². The smallest absolute Gasteiger partial charge is 0.344 e. The molecule has 2 unspecified atom stereocenters. The van der Waals surface area contributed by atoms with Gasteiger partial charge in [0.1, 0.15) is 5.75 Å². The fraction of sp³-hybridized carbons (Fsp3) is 0.533. The molecule has 2 atom stereocenters. The van der Waals surface area contributed by atoms with E-state index < -0.39 is 12.1 Å². The van der Waals surface area contributed by atoms with Gasteiger partial charge >= 0.3 is 5.97 Å². The van der Waals surface area contributed by atoms with Gasteiger partial charge in [-0.2, -0.15) is 0 Å². The van der Waals surface area contributed by atoms with Crippen LogP contribution in [0.15, 0.2) is 18.2 Å². The Morgan fingerprint density at radius 2 is 2.16 bits per heavy atom. The molecule has 0 aromatic heterocycles. The van der Waals surface area contributed by atoms with Gasteiger partial charge < -0.3 is 15.2 Å². The SMILES string of the molecule is CCCC(Oc1ccc(C(C)NC)cc1C)C(=O)O. The van der Waals surface area contributed by atoms with E-state index in [1.807, 2.05) is 39.1 Å². The van der Waals surface area contributed by atoms with Gasteiger partial charge in [-0.05, 0) is 44.5 Å². The molecule has 0 aliphatic carbocycles. The van der Waals surface area contributed by atoms with E-state index in [-0.39, 0.29) is 6.04 Å². The molecule has 0 amide bonds. The Morgan fingerprint density at radius 3 is 2.63 bits per heavy atom. The van der Waals surface area contributed by atoms with Gasteiger partial charge in [-0.25, -0.2) is 4.79 Å². The predicted octanol–water partition coefficient (Wildman–Crippen LogP) is 2.91. The van der Waals surface area contributed by atoms with Crippen molar-refractivity contribution in [2.24, 2.45) is 0 Å². The van der Waals surface area contributed by atoms with Gasteiger partial charge in [0.05, 0.1) is 0 Å². The largest absolute Gasteiger partial charge is 0.479 e. The number of carboxylic acids is 1. The van der Waals surface area contributed by atoms with Crippen LogP contribution in [0.5, 0.6) is 5.75 Å². The molecular formula is C15H23NO3. The molecule has 0 fully saturated rings. The first-order chi connectivity index (χ1) is 8.99. The van der Waals surface area contributed by atoms with Crippen molar-refractivity contribution in [3.8, 4) is 5.75 Å². The van der Waals surface area contributed by atoms with Crippen LogP contribution in [0.25, 0.3) is 0 Å². The molecule has 0 radical (unpaired) electrons. The lowest BCUT2D eigenvalue weighted by Gasteiger charge is -2.18. The summed E-state index contributed by atoms with van der Waals surface area (Å²) in [5.74, 6) is -0.262.